The molecule has 1 fully saturated rings. The normalized spacial score (nSPS) is 26.4. The summed E-state index contributed by atoms with van der Waals surface area (Å²) in [7, 11) is 2.07. The molecular weight excluding hydrogens is 174 g/mol. The Morgan fingerprint density at radius 1 is 1.50 bits per heavy atom. The average Bonchev–Trinajstić information content (AvgIpc) is 2.69. The third kappa shape index (κ3) is 3.97. The SMILES string of the molecule is CCC(C)CC(CC1CCCO1)NC. The van der Waals surface area contributed by atoms with Crippen LogP contribution in [0.1, 0.15) is 46.0 Å². The summed E-state index contributed by atoms with van der Waals surface area (Å²) in [6.45, 7) is 5.58. The van der Waals surface area contributed by atoms with Crippen molar-refractivity contribution >= 4 is 0 Å². The Kier molecular flexibility index (Phi) is 5.49. The topological polar surface area (TPSA) is 21.3 Å². The van der Waals surface area contributed by atoms with E-state index in [0.29, 0.717) is 12.1 Å². The van der Waals surface area contributed by atoms with Crippen LogP contribution in [0.4, 0.5) is 0 Å². The third-order valence-electron chi connectivity index (χ3n) is 3.36. The minimum Gasteiger partial charge on any atom is -0.378 e. The van der Waals surface area contributed by atoms with Gasteiger partial charge in [-0.25, -0.2) is 0 Å². The van der Waals surface area contributed by atoms with Gasteiger partial charge in [-0.1, -0.05) is 20.3 Å². The molecule has 0 aromatic heterocycles. The van der Waals surface area contributed by atoms with Gasteiger partial charge in [0.2, 0.25) is 0 Å². The average molecular weight is 199 g/mol. The summed E-state index contributed by atoms with van der Waals surface area (Å²) < 4.78 is 5.66. The molecule has 2 nitrogen and oxygen atoms in total. The zero-order valence-corrected chi connectivity index (χ0v) is 9.88. The van der Waals surface area contributed by atoms with Crippen LogP contribution in [-0.2, 0) is 4.74 Å². The summed E-state index contributed by atoms with van der Waals surface area (Å²) in [6, 6.07) is 0.646. The highest BCUT2D eigenvalue weighted by molar-refractivity contribution is 4.75. The van der Waals surface area contributed by atoms with Gasteiger partial charge in [0, 0.05) is 12.6 Å². The van der Waals surface area contributed by atoms with Crippen molar-refractivity contribution in [2.24, 2.45) is 5.92 Å². The fourth-order valence-electron chi connectivity index (χ4n) is 2.13. The Bertz CT molecular complexity index is 143. The van der Waals surface area contributed by atoms with E-state index in [2.05, 4.69) is 26.2 Å². The van der Waals surface area contributed by atoms with Crippen LogP contribution in [-0.4, -0.2) is 25.8 Å². The molecule has 0 aromatic rings. The summed E-state index contributed by atoms with van der Waals surface area (Å²) in [5, 5.41) is 3.41. The van der Waals surface area contributed by atoms with Crippen molar-refractivity contribution < 1.29 is 4.74 Å². The van der Waals surface area contributed by atoms with E-state index in [9.17, 15) is 0 Å². The van der Waals surface area contributed by atoms with Gasteiger partial charge < -0.3 is 10.1 Å². The zero-order chi connectivity index (χ0) is 10.4. The molecule has 3 atom stereocenters. The van der Waals surface area contributed by atoms with Crippen LogP contribution in [0, 0.1) is 5.92 Å². The second-order valence-electron chi connectivity index (χ2n) is 4.61. The summed E-state index contributed by atoms with van der Waals surface area (Å²) in [5.41, 5.74) is 0. The van der Waals surface area contributed by atoms with Crippen LogP contribution in [0.15, 0.2) is 0 Å². The molecule has 0 spiro atoms. The number of hydrogen-bond donors (Lipinski definition) is 1. The molecular formula is C12H25NO. The van der Waals surface area contributed by atoms with Gasteiger partial charge in [-0.05, 0) is 38.6 Å². The molecule has 1 aliphatic rings. The Morgan fingerprint density at radius 3 is 2.79 bits per heavy atom. The van der Waals surface area contributed by atoms with Crippen molar-refractivity contribution in [3.63, 3.8) is 0 Å². The molecule has 1 saturated heterocycles. The van der Waals surface area contributed by atoms with E-state index in [1.807, 2.05) is 0 Å². The van der Waals surface area contributed by atoms with Crippen molar-refractivity contribution in [2.75, 3.05) is 13.7 Å². The Morgan fingerprint density at radius 2 is 2.29 bits per heavy atom. The highest BCUT2D eigenvalue weighted by Gasteiger charge is 2.20. The number of rotatable bonds is 6. The highest BCUT2D eigenvalue weighted by Crippen LogP contribution is 2.20. The van der Waals surface area contributed by atoms with E-state index in [0.717, 1.165) is 12.5 Å². The summed E-state index contributed by atoms with van der Waals surface area (Å²) in [5.74, 6) is 0.828. The molecule has 14 heavy (non-hydrogen) atoms. The maximum Gasteiger partial charge on any atom is 0.0590 e. The van der Waals surface area contributed by atoms with E-state index in [1.54, 1.807) is 0 Å². The number of nitrogens with one attached hydrogen (secondary N) is 1. The molecule has 1 N–H and O–H groups in total. The summed E-state index contributed by atoms with van der Waals surface area (Å²) >= 11 is 0. The lowest BCUT2D eigenvalue weighted by atomic mass is 9.95. The Labute approximate surface area is 88.4 Å². The van der Waals surface area contributed by atoms with Gasteiger partial charge in [-0.2, -0.15) is 0 Å². The molecule has 1 rings (SSSR count). The second-order valence-corrected chi connectivity index (χ2v) is 4.61. The molecule has 0 amide bonds. The van der Waals surface area contributed by atoms with Crippen molar-refractivity contribution in [3.05, 3.63) is 0 Å². The Hall–Kier alpha value is -0.0800. The molecule has 2 heteroatoms. The lowest BCUT2D eigenvalue weighted by Crippen LogP contribution is -2.31. The monoisotopic (exact) mass is 199 g/mol. The number of ether oxygens (including phenoxy) is 1. The predicted octanol–water partition coefficient (Wildman–Crippen LogP) is 2.58. The van der Waals surface area contributed by atoms with Crippen LogP contribution in [0.2, 0.25) is 0 Å². The molecule has 0 aromatic carbocycles. The van der Waals surface area contributed by atoms with E-state index < -0.39 is 0 Å². The molecule has 1 aliphatic heterocycles. The van der Waals surface area contributed by atoms with E-state index >= 15 is 0 Å². The van der Waals surface area contributed by atoms with Gasteiger partial charge in [0.05, 0.1) is 6.10 Å². The first-order valence-corrected chi connectivity index (χ1v) is 6.05. The minimum absolute atomic E-state index is 0.525. The van der Waals surface area contributed by atoms with Crippen LogP contribution in [0.25, 0.3) is 0 Å². The van der Waals surface area contributed by atoms with Crippen LogP contribution < -0.4 is 5.32 Å². The quantitative estimate of drug-likeness (QED) is 0.710. The molecule has 0 saturated carbocycles. The maximum atomic E-state index is 5.66. The molecule has 0 bridgehead atoms. The maximum absolute atomic E-state index is 5.66. The molecule has 1 heterocycles. The van der Waals surface area contributed by atoms with Crippen molar-refractivity contribution in [3.8, 4) is 0 Å². The largest absolute Gasteiger partial charge is 0.378 e. The standard InChI is InChI=1S/C12H25NO/c1-4-10(2)8-11(13-3)9-12-6-5-7-14-12/h10-13H,4-9H2,1-3H3. The second kappa shape index (κ2) is 6.41. The van der Waals surface area contributed by atoms with Crippen molar-refractivity contribution in [1.29, 1.82) is 0 Å². The van der Waals surface area contributed by atoms with Crippen LogP contribution in [0.3, 0.4) is 0 Å². The molecule has 0 radical (unpaired) electrons. The van der Waals surface area contributed by atoms with Gasteiger partial charge >= 0.3 is 0 Å². The smallest absolute Gasteiger partial charge is 0.0590 e. The first-order valence-electron chi connectivity index (χ1n) is 6.05. The third-order valence-corrected chi connectivity index (χ3v) is 3.36. The Balaban J connectivity index is 2.22. The lowest BCUT2D eigenvalue weighted by molar-refractivity contribution is 0.0926. The van der Waals surface area contributed by atoms with Gasteiger partial charge in [0.25, 0.3) is 0 Å². The van der Waals surface area contributed by atoms with Crippen LogP contribution >= 0.6 is 0 Å². The zero-order valence-electron chi connectivity index (χ0n) is 9.88. The molecule has 84 valence electrons. The molecule has 3 unspecified atom stereocenters. The number of hydrogen-bond acceptors (Lipinski definition) is 2. The van der Waals surface area contributed by atoms with Gasteiger partial charge in [-0.3, -0.25) is 0 Å². The van der Waals surface area contributed by atoms with Gasteiger partial charge in [0.1, 0.15) is 0 Å². The highest BCUT2D eigenvalue weighted by atomic mass is 16.5. The predicted molar refractivity (Wildman–Crippen MR) is 60.5 cm³/mol. The fourth-order valence-corrected chi connectivity index (χ4v) is 2.13. The van der Waals surface area contributed by atoms with Crippen molar-refractivity contribution in [1.82, 2.24) is 5.32 Å². The van der Waals surface area contributed by atoms with Crippen molar-refractivity contribution in [2.45, 2.75) is 58.1 Å². The summed E-state index contributed by atoms with van der Waals surface area (Å²) in [4.78, 5) is 0. The van der Waals surface area contributed by atoms with E-state index in [1.165, 1.54) is 32.1 Å². The lowest BCUT2D eigenvalue weighted by Gasteiger charge is -2.22. The fraction of sp³-hybridized carbons (Fsp3) is 1.00. The minimum atomic E-state index is 0.525. The first kappa shape index (κ1) is 12.0. The van der Waals surface area contributed by atoms with Gasteiger partial charge in [0.15, 0.2) is 0 Å². The van der Waals surface area contributed by atoms with Crippen LogP contribution in [0.5, 0.6) is 0 Å². The molecule has 0 aliphatic carbocycles. The van der Waals surface area contributed by atoms with Gasteiger partial charge in [-0.15, -0.1) is 0 Å². The van der Waals surface area contributed by atoms with E-state index in [4.69, 9.17) is 4.74 Å². The summed E-state index contributed by atoms with van der Waals surface area (Å²) in [6.07, 6.45) is 6.80. The first-order chi connectivity index (χ1) is 6.76. The van der Waals surface area contributed by atoms with E-state index in [-0.39, 0.29) is 0 Å².